The fraction of sp³-hybridized carbons (Fsp3) is 0.0833. The van der Waals surface area contributed by atoms with Crippen molar-refractivity contribution in [2.24, 2.45) is 5.84 Å². The van der Waals surface area contributed by atoms with Crippen molar-refractivity contribution in [2.75, 3.05) is 0 Å². The molecule has 2 rings (SSSR count). The van der Waals surface area contributed by atoms with E-state index in [0.717, 1.165) is 0 Å². The molecule has 0 bridgehead atoms. The molecule has 0 unspecified atom stereocenters. The number of nitro groups is 1. The molecule has 1 aromatic carbocycles. The van der Waals surface area contributed by atoms with E-state index in [1.165, 1.54) is 24.5 Å². The average Bonchev–Trinajstić information content (AvgIpc) is 2.93. The summed E-state index contributed by atoms with van der Waals surface area (Å²) >= 11 is 3.15. The predicted octanol–water partition coefficient (Wildman–Crippen LogP) is 2.13. The standard InChI is InChI=1S/C12H10BrN3O5/c13-8-1-2-10(9(5-8)16(18)19)21-6-7-3-4-20-11(7)12(17)15-14/h1-5H,6,14H2,(H,15,17). The summed E-state index contributed by atoms with van der Waals surface area (Å²) in [5.41, 5.74) is 2.18. The van der Waals surface area contributed by atoms with Gasteiger partial charge >= 0.3 is 11.6 Å². The molecule has 0 radical (unpaired) electrons. The first-order valence-corrected chi connectivity index (χ1v) is 6.46. The van der Waals surface area contributed by atoms with Crippen LogP contribution in [0, 0.1) is 10.1 Å². The highest BCUT2D eigenvalue weighted by atomic mass is 79.9. The first-order chi connectivity index (χ1) is 10.0. The zero-order valence-electron chi connectivity index (χ0n) is 10.5. The number of nitrogen functional groups attached to an aromatic ring is 1. The lowest BCUT2D eigenvalue weighted by Crippen LogP contribution is -2.30. The predicted molar refractivity (Wildman–Crippen MR) is 75.5 cm³/mol. The highest BCUT2D eigenvalue weighted by Gasteiger charge is 2.18. The molecular weight excluding hydrogens is 346 g/mol. The van der Waals surface area contributed by atoms with E-state index >= 15 is 0 Å². The summed E-state index contributed by atoms with van der Waals surface area (Å²) in [5.74, 6) is 4.50. The van der Waals surface area contributed by atoms with Crippen molar-refractivity contribution in [1.82, 2.24) is 5.43 Å². The lowest BCUT2D eigenvalue weighted by Gasteiger charge is -2.07. The summed E-state index contributed by atoms with van der Waals surface area (Å²) in [4.78, 5) is 21.8. The molecule has 0 aliphatic carbocycles. The lowest BCUT2D eigenvalue weighted by molar-refractivity contribution is -0.386. The van der Waals surface area contributed by atoms with Crippen molar-refractivity contribution in [1.29, 1.82) is 0 Å². The van der Waals surface area contributed by atoms with E-state index in [1.807, 2.05) is 5.43 Å². The van der Waals surface area contributed by atoms with Gasteiger partial charge in [-0.3, -0.25) is 20.3 Å². The van der Waals surface area contributed by atoms with E-state index in [1.54, 1.807) is 6.07 Å². The number of halogens is 1. The monoisotopic (exact) mass is 355 g/mol. The van der Waals surface area contributed by atoms with Crippen LogP contribution >= 0.6 is 15.9 Å². The molecule has 1 heterocycles. The van der Waals surface area contributed by atoms with Crippen LogP contribution in [0.2, 0.25) is 0 Å². The van der Waals surface area contributed by atoms with Gasteiger partial charge in [0, 0.05) is 16.1 Å². The van der Waals surface area contributed by atoms with Gasteiger partial charge in [-0.2, -0.15) is 0 Å². The maximum absolute atomic E-state index is 11.4. The molecule has 110 valence electrons. The summed E-state index contributed by atoms with van der Waals surface area (Å²) in [7, 11) is 0. The Bertz CT molecular complexity index is 685. The third-order valence-electron chi connectivity index (χ3n) is 2.58. The quantitative estimate of drug-likeness (QED) is 0.366. The van der Waals surface area contributed by atoms with Crippen LogP contribution in [0.1, 0.15) is 16.1 Å². The molecule has 0 spiro atoms. The van der Waals surface area contributed by atoms with Crippen LogP contribution in [0.15, 0.2) is 39.4 Å². The molecule has 0 atom stereocenters. The van der Waals surface area contributed by atoms with Crippen LogP contribution < -0.4 is 16.0 Å². The zero-order chi connectivity index (χ0) is 15.4. The second-order valence-corrected chi connectivity index (χ2v) is 4.82. The SMILES string of the molecule is NNC(=O)c1occc1COc1ccc(Br)cc1[N+](=O)[O-]. The van der Waals surface area contributed by atoms with Crippen molar-refractivity contribution in [3.63, 3.8) is 0 Å². The van der Waals surface area contributed by atoms with E-state index in [4.69, 9.17) is 15.0 Å². The molecular formula is C12H10BrN3O5. The number of nitro benzene ring substituents is 1. The van der Waals surface area contributed by atoms with Gasteiger partial charge in [-0.15, -0.1) is 0 Å². The third kappa shape index (κ3) is 3.38. The van der Waals surface area contributed by atoms with Crippen molar-refractivity contribution in [2.45, 2.75) is 6.61 Å². The number of hydrazine groups is 1. The van der Waals surface area contributed by atoms with E-state index < -0.39 is 10.8 Å². The number of rotatable bonds is 5. The van der Waals surface area contributed by atoms with Gasteiger partial charge in [0.2, 0.25) is 0 Å². The minimum atomic E-state index is -0.607. The van der Waals surface area contributed by atoms with E-state index in [-0.39, 0.29) is 23.8 Å². The Kier molecular flexibility index (Phi) is 4.55. The number of nitrogens with one attached hydrogen (secondary N) is 1. The molecule has 0 aliphatic rings. The highest BCUT2D eigenvalue weighted by molar-refractivity contribution is 9.10. The van der Waals surface area contributed by atoms with Gasteiger partial charge in [-0.05, 0) is 18.2 Å². The van der Waals surface area contributed by atoms with Crippen molar-refractivity contribution in [3.05, 3.63) is 56.4 Å². The molecule has 9 heteroatoms. The van der Waals surface area contributed by atoms with Crippen molar-refractivity contribution < 1.29 is 18.9 Å². The smallest absolute Gasteiger partial charge is 0.312 e. The summed E-state index contributed by atoms with van der Waals surface area (Å²) in [6.07, 6.45) is 1.30. The number of carbonyl (C=O) groups is 1. The van der Waals surface area contributed by atoms with Crippen LogP contribution in [0.4, 0.5) is 5.69 Å². The molecule has 8 nitrogen and oxygen atoms in total. The minimum Gasteiger partial charge on any atom is -0.482 e. The van der Waals surface area contributed by atoms with Gasteiger partial charge in [0.25, 0.3) is 0 Å². The molecule has 0 saturated heterocycles. The minimum absolute atomic E-state index is 0.00253. The fourth-order valence-electron chi connectivity index (χ4n) is 1.62. The Morgan fingerprint density at radius 1 is 1.48 bits per heavy atom. The topological polar surface area (TPSA) is 121 Å². The molecule has 1 amide bonds. The summed E-state index contributed by atoms with van der Waals surface area (Å²) < 4.78 is 10.9. The number of nitrogens with two attached hydrogens (primary N) is 1. The Morgan fingerprint density at radius 2 is 2.24 bits per heavy atom. The van der Waals surface area contributed by atoms with Gasteiger partial charge < -0.3 is 9.15 Å². The van der Waals surface area contributed by atoms with Gasteiger partial charge in [-0.25, -0.2) is 5.84 Å². The van der Waals surface area contributed by atoms with Gasteiger partial charge in [0.15, 0.2) is 11.5 Å². The van der Waals surface area contributed by atoms with Crippen LogP contribution in [0.25, 0.3) is 0 Å². The molecule has 21 heavy (non-hydrogen) atoms. The Balaban J connectivity index is 2.19. The Morgan fingerprint density at radius 3 is 2.90 bits per heavy atom. The number of hydrogen-bond acceptors (Lipinski definition) is 6. The average molecular weight is 356 g/mol. The van der Waals surface area contributed by atoms with Gasteiger partial charge in [0.1, 0.15) is 6.61 Å². The summed E-state index contributed by atoms with van der Waals surface area (Å²) in [6.45, 7) is -0.0677. The van der Waals surface area contributed by atoms with Crippen LogP contribution in [0.3, 0.4) is 0 Å². The first-order valence-electron chi connectivity index (χ1n) is 5.67. The Hall–Kier alpha value is -2.39. The number of hydrogen-bond donors (Lipinski definition) is 2. The molecule has 1 aromatic heterocycles. The number of benzene rings is 1. The second-order valence-electron chi connectivity index (χ2n) is 3.91. The highest BCUT2D eigenvalue weighted by Crippen LogP contribution is 2.30. The van der Waals surface area contributed by atoms with Gasteiger partial charge in [0.05, 0.1) is 11.2 Å². The summed E-state index contributed by atoms with van der Waals surface area (Å²) in [5, 5.41) is 11.0. The second kappa shape index (κ2) is 6.37. The first kappa shape index (κ1) is 15.0. The van der Waals surface area contributed by atoms with E-state index in [0.29, 0.717) is 10.0 Å². The van der Waals surface area contributed by atoms with Crippen molar-refractivity contribution >= 4 is 27.5 Å². The normalized spacial score (nSPS) is 10.2. The number of nitrogens with zero attached hydrogens (tertiary/aromatic N) is 1. The van der Waals surface area contributed by atoms with Gasteiger partial charge in [-0.1, -0.05) is 15.9 Å². The molecule has 0 aliphatic heterocycles. The fourth-order valence-corrected chi connectivity index (χ4v) is 1.97. The van der Waals surface area contributed by atoms with E-state index in [9.17, 15) is 14.9 Å². The van der Waals surface area contributed by atoms with Crippen molar-refractivity contribution in [3.8, 4) is 5.75 Å². The van der Waals surface area contributed by atoms with E-state index in [2.05, 4.69) is 15.9 Å². The number of carbonyl (C=O) groups excluding carboxylic acids is 1. The van der Waals surface area contributed by atoms with Crippen LogP contribution in [0.5, 0.6) is 5.75 Å². The molecule has 0 saturated carbocycles. The maximum Gasteiger partial charge on any atom is 0.312 e. The largest absolute Gasteiger partial charge is 0.482 e. The maximum atomic E-state index is 11.4. The third-order valence-corrected chi connectivity index (χ3v) is 3.08. The lowest BCUT2D eigenvalue weighted by atomic mass is 10.2. The number of amides is 1. The molecule has 0 fully saturated rings. The van der Waals surface area contributed by atoms with Crippen LogP contribution in [-0.2, 0) is 6.61 Å². The molecule has 2 aromatic rings. The van der Waals surface area contributed by atoms with Crippen LogP contribution in [-0.4, -0.2) is 10.8 Å². The Labute approximate surface area is 127 Å². The number of ether oxygens (including phenoxy) is 1. The molecule has 3 N–H and O–H groups in total. The zero-order valence-corrected chi connectivity index (χ0v) is 12.1. The number of furan rings is 1. The summed E-state index contributed by atoms with van der Waals surface area (Å²) in [6, 6.07) is 5.93.